The second-order valence-corrected chi connectivity index (χ2v) is 5.14. The van der Waals surface area contributed by atoms with Crippen molar-refractivity contribution in [3.05, 3.63) is 71.5 Å². The largest absolute Gasteiger partial charge is 0.379 e. The first kappa shape index (κ1) is 11.3. The molecule has 0 unspecified atom stereocenters. The Morgan fingerprint density at radius 1 is 1.00 bits per heavy atom. The standard InChI is InChI=1S/C17H15N3/c1-2-4-16-12(3-1)9-13-10-14(5-6-17(13)16)18-11-15-7-8-19-20-15/h1-8,10,18H,9,11H2,(H,19,20). The smallest absolute Gasteiger partial charge is 0.0567 e. The Kier molecular flexibility index (Phi) is 2.56. The van der Waals surface area contributed by atoms with Gasteiger partial charge in [0, 0.05) is 11.9 Å². The maximum Gasteiger partial charge on any atom is 0.0567 e. The number of hydrogen-bond donors (Lipinski definition) is 2. The molecule has 3 nitrogen and oxygen atoms in total. The van der Waals surface area contributed by atoms with E-state index in [0.717, 1.165) is 24.3 Å². The third kappa shape index (κ3) is 1.88. The van der Waals surface area contributed by atoms with Crippen LogP contribution in [0, 0.1) is 0 Å². The van der Waals surface area contributed by atoms with E-state index in [1.807, 2.05) is 6.07 Å². The highest BCUT2D eigenvalue weighted by Crippen LogP contribution is 2.37. The third-order valence-corrected chi connectivity index (χ3v) is 3.84. The van der Waals surface area contributed by atoms with Gasteiger partial charge in [0.25, 0.3) is 0 Å². The summed E-state index contributed by atoms with van der Waals surface area (Å²) >= 11 is 0. The summed E-state index contributed by atoms with van der Waals surface area (Å²) in [5, 5.41) is 10.3. The van der Waals surface area contributed by atoms with Crippen molar-refractivity contribution in [3.63, 3.8) is 0 Å². The molecule has 3 heteroatoms. The van der Waals surface area contributed by atoms with E-state index in [4.69, 9.17) is 0 Å². The van der Waals surface area contributed by atoms with Crippen LogP contribution in [0.2, 0.25) is 0 Å². The molecule has 0 spiro atoms. The molecule has 0 bridgehead atoms. The molecule has 20 heavy (non-hydrogen) atoms. The molecule has 0 radical (unpaired) electrons. The summed E-state index contributed by atoms with van der Waals surface area (Å²) < 4.78 is 0. The molecule has 1 aliphatic rings. The van der Waals surface area contributed by atoms with E-state index >= 15 is 0 Å². The van der Waals surface area contributed by atoms with Gasteiger partial charge in [-0.2, -0.15) is 5.10 Å². The lowest BCUT2D eigenvalue weighted by molar-refractivity contribution is 0.981. The van der Waals surface area contributed by atoms with E-state index in [2.05, 4.69) is 58.0 Å². The van der Waals surface area contributed by atoms with Crippen molar-refractivity contribution >= 4 is 5.69 Å². The molecular weight excluding hydrogens is 246 g/mol. The summed E-state index contributed by atoms with van der Waals surface area (Å²) in [5.74, 6) is 0. The van der Waals surface area contributed by atoms with Crippen molar-refractivity contribution < 1.29 is 0 Å². The van der Waals surface area contributed by atoms with Gasteiger partial charge in [0.15, 0.2) is 0 Å². The summed E-state index contributed by atoms with van der Waals surface area (Å²) in [4.78, 5) is 0. The quantitative estimate of drug-likeness (QED) is 0.591. The van der Waals surface area contributed by atoms with E-state index in [9.17, 15) is 0 Å². The fraction of sp³-hybridized carbons (Fsp3) is 0.118. The Morgan fingerprint density at radius 3 is 2.80 bits per heavy atom. The van der Waals surface area contributed by atoms with Crippen LogP contribution >= 0.6 is 0 Å². The minimum Gasteiger partial charge on any atom is -0.379 e. The van der Waals surface area contributed by atoms with E-state index in [-0.39, 0.29) is 0 Å². The first-order valence-electron chi connectivity index (χ1n) is 6.83. The number of hydrogen-bond acceptors (Lipinski definition) is 2. The van der Waals surface area contributed by atoms with Crippen molar-refractivity contribution in [3.8, 4) is 11.1 Å². The van der Waals surface area contributed by atoms with Crippen molar-refractivity contribution in [1.82, 2.24) is 10.2 Å². The zero-order chi connectivity index (χ0) is 13.4. The lowest BCUT2D eigenvalue weighted by Gasteiger charge is -2.07. The lowest BCUT2D eigenvalue weighted by Crippen LogP contribution is -2.00. The Labute approximate surface area is 117 Å². The number of aromatic nitrogens is 2. The third-order valence-electron chi connectivity index (χ3n) is 3.84. The number of H-pyrrole nitrogens is 1. The van der Waals surface area contributed by atoms with Crippen LogP contribution in [0.3, 0.4) is 0 Å². The zero-order valence-corrected chi connectivity index (χ0v) is 11.1. The fourth-order valence-electron chi connectivity index (χ4n) is 2.84. The second kappa shape index (κ2) is 4.53. The van der Waals surface area contributed by atoms with Crippen LogP contribution in [-0.4, -0.2) is 10.2 Å². The van der Waals surface area contributed by atoms with E-state index in [0.29, 0.717) is 0 Å². The molecule has 1 aliphatic carbocycles. The second-order valence-electron chi connectivity index (χ2n) is 5.14. The monoisotopic (exact) mass is 261 g/mol. The van der Waals surface area contributed by atoms with Gasteiger partial charge in [0.05, 0.1) is 12.2 Å². The molecule has 2 aromatic carbocycles. The van der Waals surface area contributed by atoms with E-state index < -0.39 is 0 Å². The molecule has 0 aliphatic heterocycles. The molecule has 1 aromatic heterocycles. The molecular formula is C17H15N3. The number of nitrogens with one attached hydrogen (secondary N) is 2. The number of nitrogens with zero attached hydrogens (tertiary/aromatic N) is 1. The van der Waals surface area contributed by atoms with Gasteiger partial charge in [0.2, 0.25) is 0 Å². The maximum atomic E-state index is 3.95. The Hall–Kier alpha value is -2.55. The SMILES string of the molecule is c1ccc2c(c1)Cc1cc(NCc3ccn[nH]3)ccc1-2. The molecule has 0 saturated carbocycles. The Morgan fingerprint density at radius 2 is 1.90 bits per heavy atom. The van der Waals surface area contributed by atoms with Gasteiger partial charge in [-0.1, -0.05) is 30.3 Å². The average Bonchev–Trinajstić information content (AvgIpc) is 3.12. The molecule has 0 atom stereocenters. The van der Waals surface area contributed by atoms with Crippen LogP contribution in [0.5, 0.6) is 0 Å². The van der Waals surface area contributed by atoms with Gasteiger partial charge in [-0.05, 0) is 46.9 Å². The summed E-state index contributed by atoms with van der Waals surface area (Å²) in [6, 6.07) is 17.3. The van der Waals surface area contributed by atoms with Crippen molar-refractivity contribution in [2.45, 2.75) is 13.0 Å². The minimum absolute atomic E-state index is 0.770. The number of aromatic amines is 1. The molecule has 3 aromatic rings. The zero-order valence-electron chi connectivity index (χ0n) is 11.1. The van der Waals surface area contributed by atoms with Crippen molar-refractivity contribution in [2.75, 3.05) is 5.32 Å². The predicted octanol–water partition coefficient (Wildman–Crippen LogP) is 3.59. The Balaban J connectivity index is 1.59. The molecule has 4 rings (SSSR count). The first-order valence-corrected chi connectivity index (χ1v) is 6.83. The van der Waals surface area contributed by atoms with Crippen LogP contribution in [0.1, 0.15) is 16.8 Å². The number of anilines is 1. The topological polar surface area (TPSA) is 40.7 Å². The Bertz CT molecular complexity index is 745. The van der Waals surface area contributed by atoms with Crippen LogP contribution in [-0.2, 0) is 13.0 Å². The van der Waals surface area contributed by atoms with E-state index in [1.54, 1.807) is 6.20 Å². The van der Waals surface area contributed by atoms with Gasteiger partial charge in [-0.25, -0.2) is 0 Å². The molecule has 0 fully saturated rings. The number of fused-ring (bicyclic) bond motifs is 3. The number of benzene rings is 2. The van der Waals surface area contributed by atoms with Crippen LogP contribution in [0.4, 0.5) is 5.69 Å². The first-order chi connectivity index (χ1) is 9.90. The lowest BCUT2D eigenvalue weighted by atomic mass is 10.1. The highest BCUT2D eigenvalue weighted by molar-refractivity contribution is 5.78. The molecule has 98 valence electrons. The van der Waals surface area contributed by atoms with Gasteiger partial charge >= 0.3 is 0 Å². The highest BCUT2D eigenvalue weighted by atomic mass is 15.1. The summed E-state index contributed by atoms with van der Waals surface area (Å²) in [6.07, 6.45) is 2.81. The maximum absolute atomic E-state index is 3.95. The highest BCUT2D eigenvalue weighted by Gasteiger charge is 2.17. The molecule has 0 saturated heterocycles. The van der Waals surface area contributed by atoms with Crippen LogP contribution in [0.25, 0.3) is 11.1 Å². The molecule has 0 amide bonds. The van der Waals surface area contributed by atoms with Gasteiger partial charge < -0.3 is 5.32 Å². The van der Waals surface area contributed by atoms with Crippen LogP contribution in [0.15, 0.2) is 54.7 Å². The summed E-state index contributed by atoms with van der Waals surface area (Å²) in [6.45, 7) is 0.770. The number of rotatable bonds is 3. The van der Waals surface area contributed by atoms with E-state index in [1.165, 1.54) is 22.3 Å². The van der Waals surface area contributed by atoms with Gasteiger partial charge in [-0.15, -0.1) is 0 Å². The average molecular weight is 261 g/mol. The summed E-state index contributed by atoms with van der Waals surface area (Å²) in [5.41, 5.74) is 7.82. The fourth-order valence-corrected chi connectivity index (χ4v) is 2.84. The normalized spacial score (nSPS) is 12.0. The summed E-state index contributed by atoms with van der Waals surface area (Å²) in [7, 11) is 0. The molecule has 1 heterocycles. The van der Waals surface area contributed by atoms with Gasteiger partial charge in [-0.3, -0.25) is 5.10 Å². The van der Waals surface area contributed by atoms with Crippen molar-refractivity contribution in [1.29, 1.82) is 0 Å². The molecule has 2 N–H and O–H groups in total. The van der Waals surface area contributed by atoms with Crippen molar-refractivity contribution in [2.24, 2.45) is 0 Å². The predicted molar refractivity (Wildman–Crippen MR) is 80.6 cm³/mol. The van der Waals surface area contributed by atoms with Crippen LogP contribution < -0.4 is 5.32 Å². The van der Waals surface area contributed by atoms with Gasteiger partial charge in [0.1, 0.15) is 0 Å². The minimum atomic E-state index is 0.770.